The van der Waals surface area contributed by atoms with Crippen molar-refractivity contribution in [1.29, 1.82) is 0 Å². The van der Waals surface area contributed by atoms with Gasteiger partial charge in [0.15, 0.2) is 0 Å². The molecule has 2 saturated carbocycles. The number of aliphatic hydroxyl groups excluding tert-OH is 2. The largest absolute Gasteiger partial charge is 0.491 e. The van der Waals surface area contributed by atoms with Crippen LogP contribution in [0.3, 0.4) is 0 Å². The monoisotopic (exact) mass is 368 g/mol. The lowest BCUT2D eigenvalue weighted by Crippen LogP contribution is -2.34. The molecule has 0 aliphatic heterocycles. The summed E-state index contributed by atoms with van der Waals surface area (Å²) >= 11 is 0. The van der Waals surface area contributed by atoms with Crippen LogP contribution in [-0.4, -0.2) is 36.6 Å². The topological polar surface area (TPSA) is 58.9 Å². The van der Waals surface area contributed by atoms with Gasteiger partial charge in [-0.1, -0.05) is 30.7 Å². The molecule has 0 radical (unpaired) electrons. The van der Waals surface area contributed by atoms with Crippen molar-refractivity contribution in [3.63, 3.8) is 0 Å². The van der Waals surface area contributed by atoms with Crippen molar-refractivity contribution in [2.45, 2.75) is 31.1 Å². The van der Waals surface area contributed by atoms with E-state index >= 15 is 0 Å². The summed E-state index contributed by atoms with van der Waals surface area (Å²) in [5, 5.41) is 17.9. The Labute approximate surface area is 160 Å². The molecule has 2 aliphatic rings. The molecule has 27 heavy (non-hydrogen) atoms. The molecule has 2 fully saturated rings. The van der Waals surface area contributed by atoms with Crippen LogP contribution in [0.15, 0.2) is 48.5 Å². The van der Waals surface area contributed by atoms with Crippen LogP contribution in [0.5, 0.6) is 11.5 Å². The van der Waals surface area contributed by atoms with E-state index in [1.807, 2.05) is 24.3 Å². The quantitative estimate of drug-likeness (QED) is 0.748. The van der Waals surface area contributed by atoms with Gasteiger partial charge in [-0.3, -0.25) is 0 Å². The molecule has 2 aromatic rings. The van der Waals surface area contributed by atoms with Gasteiger partial charge in [-0.25, -0.2) is 0 Å². The lowest BCUT2D eigenvalue weighted by Gasteiger charge is -2.39. The van der Waals surface area contributed by atoms with Gasteiger partial charge in [0.25, 0.3) is 0 Å². The summed E-state index contributed by atoms with van der Waals surface area (Å²) in [6.45, 7) is 0.704. The fourth-order valence-corrected chi connectivity index (χ4v) is 5.23. The van der Waals surface area contributed by atoms with Gasteiger partial charge in [0.05, 0.1) is 13.2 Å². The molecular formula is C23H28O4. The molecule has 2 aliphatic carbocycles. The van der Waals surface area contributed by atoms with E-state index in [9.17, 15) is 0 Å². The highest BCUT2D eigenvalue weighted by Gasteiger charge is 2.52. The Morgan fingerprint density at radius 3 is 1.67 bits per heavy atom. The molecule has 4 rings (SSSR count). The molecule has 4 nitrogen and oxygen atoms in total. The van der Waals surface area contributed by atoms with E-state index < -0.39 is 0 Å². The normalized spacial score (nSPS) is 22.7. The Morgan fingerprint density at radius 1 is 0.778 bits per heavy atom. The van der Waals surface area contributed by atoms with Gasteiger partial charge in [-0.15, -0.1) is 0 Å². The average molecular weight is 368 g/mol. The first kappa shape index (κ1) is 18.3. The zero-order valence-corrected chi connectivity index (χ0v) is 15.6. The van der Waals surface area contributed by atoms with Crippen LogP contribution in [0.4, 0.5) is 0 Å². The van der Waals surface area contributed by atoms with E-state index in [1.165, 1.54) is 36.8 Å². The zero-order valence-electron chi connectivity index (χ0n) is 15.6. The summed E-state index contributed by atoms with van der Waals surface area (Å²) in [6, 6.07) is 16.9. The molecule has 144 valence electrons. The second-order valence-electron chi connectivity index (χ2n) is 7.74. The van der Waals surface area contributed by atoms with Gasteiger partial charge < -0.3 is 19.7 Å². The van der Waals surface area contributed by atoms with Crippen LogP contribution in [0.25, 0.3) is 0 Å². The molecule has 0 amide bonds. The minimum atomic E-state index is 0.0279. The maximum atomic E-state index is 8.94. The lowest BCUT2D eigenvalue weighted by molar-refractivity contribution is 0.201. The Kier molecular flexibility index (Phi) is 5.37. The SMILES string of the molecule is OCCOc1ccc(C2(c3ccc(OCCO)cc3)CC3CCC2C3)cc1. The van der Waals surface area contributed by atoms with Crippen molar-refractivity contribution in [1.82, 2.24) is 0 Å². The van der Waals surface area contributed by atoms with Crippen molar-refractivity contribution in [2.24, 2.45) is 11.8 Å². The molecule has 0 saturated heterocycles. The third kappa shape index (κ3) is 3.44. The van der Waals surface area contributed by atoms with Crippen LogP contribution in [0, 0.1) is 11.8 Å². The highest BCUT2D eigenvalue weighted by molar-refractivity contribution is 5.46. The summed E-state index contributed by atoms with van der Waals surface area (Å²) in [6.07, 6.45) is 5.15. The second kappa shape index (κ2) is 7.91. The fourth-order valence-electron chi connectivity index (χ4n) is 5.23. The van der Waals surface area contributed by atoms with Gasteiger partial charge in [-0.2, -0.15) is 0 Å². The summed E-state index contributed by atoms with van der Waals surface area (Å²) in [5.74, 6) is 3.10. The number of rotatable bonds is 8. The summed E-state index contributed by atoms with van der Waals surface area (Å²) in [4.78, 5) is 0. The van der Waals surface area contributed by atoms with E-state index in [2.05, 4.69) is 24.3 Å². The Morgan fingerprint density at radius 2 is 1.30 bits per heavy atom. The zero-order chi connectivity index (χ0) is 18.7. The maximum absolute atomic E-state index is 8.94. The molecule has 4 heteroatoms. The molecular weight excluding hydrogens is 340 g/mol. The van der Waals surface area contributed by atoms with Crippen molar-refractivity contribution in [3.05, 3.63) is 59.7 Å². The number of aliphatic hydroxyl groups is 2. The predicted molar refractivity (Wildman–Crippen MR) is 104 cm³/mol. The lowest BCUT2D eigenvalue weighted by atomic mass is 9.64. The van der Waals surface area contributed by atoms with Crippen LogP contribution in [0.1, 0.15) is 36.8 Å². The first-order chi connectivity index (χ1) is 13.3. The highest BCUT2D eigenvalue weighted by atomic mass is 16.5. The fraction of sp³-hybridized carbons (Fsp3) is 0.478. The standard InChI is InChI=1S/C23H28O4/c24-11-13-26-21-7-3-18(4-8-21)23(16-17-1-2-20(23)15-17)19-5-9-22(10-6-19)27-14-12-25/h3-10,17,20,24-25H,1-2,11-16H2. The van der Waals surface area contributed by atoms with Gasteiger partial charge >= 0.3 is 0 Å². The smallest absolute Gasteiger partial charge is 0.119 e. The number of ether oxygens (including phenoxy) is 2. The highest BCUT2D eigenvalue weighted by Crippen LogP contribution is 2.60. The van der Waals surface area contributed by atoms with Crippen molar-refractivity contribution < 1.29 is 19.7 Å². The first-order valence-electron chi connectivity index (χ1n) is 9.94. The summed E-state index contributed by atoms with van der Waals surface area (Å²) in [5.41, 5.74) is 2.78. The Hall–Kier alpha value is -2.04. The number of benzene rings is 2. The predicted octanol–water partition coefficient (Wildman–Crippen LogP) is 3.53. The van der Waals surface area contributed by atoms with Crippen molar-refractivity contribution in [2.75, 3.05) is 26.4 Å². The van der Waals surface area contributed by atoms with E-state index in [0.29, 0.717) is 19.1 Å². The van der Waals surface area contributed by atoms with Crippen LogP contribution in [0.2, 0.25) is 0 Å². The second-order valence-corrected chi connectivity index (χ2v) is 7.74. The van der Waals surface area contributed by atoms with Gasteiger partial charge in [0, 0.05) is 5.41 Å². The van der Waals surface area contributed by atoms with Crippen LogP contribution >= 0.6 is 0 Å². The molecule has 0 heterocycles. The van der Waals surface area contributed by atoms with Crippen molar-refractivity contribution >= 4 is 0 Å². The van der Waals surface area contributed by atoms with Crippen LogP contribution < -0.4 is 9.47 Å². The van der Waals surface area contributed by atoms with Crippen LogP contribution in [-0.2, 0) is 5.41 Å². The first-order valence-corrected chi connectivity index (χ1v) is 9.94. The molecule has 2 unspecified atom stereocenters. The summed E-state index contributed by atoms with van der Waals surface area (Å²) in [7, 11) is 0. The van der Waals surface area contributed by atoms with Gasteiger partial charge in [-0.05, 0) is 66.5 Å². The van der Waals surface area contributed by atoms with Crippen molar-refractivity contribution in [3.8, 4) is 11.5 Å². The summed E-state index contributed by atoms with van der Waals surface area (Å²) < 4.78 is 11.1. The van der Waals surface area contributed by atoms with Gasteiger partial charge in [0.1, 0.15) is 24.7 Å². The van der Waals surface area contributed by atoms with E-state index in [4.69, 9.17) is 19.7 Å². The average Bonchev–Trinajstić information content (AvgIpc) is 3.33. The third-order valence-electron chi connectivity index (χ3n) is 6.31. The minimum absolute atomic E-state index is 0.0279. The molecule has 2 aromatic carbocycles. The molecule has 0 spiro atoms. The molecule has 0 aromatic heterocycles. The molecule has 2 bridgehead atoms. The molecule has 2 atom stereocenters. The van der Waals surface area contributed by atoms with Gasteiger partial charge in [0.2, 0.25) is 0 Å². The number of fused-ring (bicyclic) bond motifs is 2. The van der Waals surface area contributed by atoms with E-state index in [1.54, 1.807) is 0 Å². The Bertz CT molecular complexity index is 686. The minimum Gasteiger partial charge on any atom is -0.491 e. The molecule has 2 N–H and O–H groups in total. The third-order valence-corrected chi connectivity index (χ3v) is 6.31. The number of hydrogen-bond acceptors (Lipinski definition) is 4. The van der Waals surface area contributed by atoms with E-state index in [0.717, 1.165) is 17.4 Å². The maximum Gasteiger partial charge on any atom is 0.119 e. The Balaban J connectivity index is 1.65. The van der Waals surface area contributed by atoms with E-state index in [-0.39, 0.29) is 18.6 Å². The number of hydrogen-bond donors (Lipinski definition) is 2.